The molecular formula is C55H70N8O9S. The van der Waals surface area contributed by atoms with Gasteiger partial charge in [-0.2, -0.15) is 4.98 Å². The monoisotopic (exact) mass is 1020 g/mol. The first-order chi connectivity index (χ1) is 35.1. The second kappa shape index (κ2) is 21.2. The summed E-state index contributed by atoms with van der Waals surface area (Å²) in [6, 6.07) is 21.9. The van der Waals surface area contributed by atoms with Gasteiger partial charge in [0.05, 0.1) is 34.2 Å². The molecule has 2 atom stereocenters. The lowest BCUT2D eigenvalue weighted by Crippen LogP contribution is -2.63. The maximum Gasteiger partial charge on any atom is 0.293 e. The smallest absolute Gasteiger partial charge is 0.293 e. The number of anilines is 2. The summed E-state index contributed by atoms with van der Waals surface area (Å²) in [6.07, 6.45) is 10.3. The SMILES string of the molecule is CC(C)c1ccccc1[C@H]1CCC[C@H]1N1CC2(CCN(c3ccc(C(=O)NS(=O)(=O)c4ccc(NCC5CCC(C)(O)CC5)c([N+](=O)[O-])c4)c(Oc4cc5cc[nH]c5nc4OCCN4CCOCC4)c3)CC2)C1. The Kier molecular flexibility index (Phi) is 14.7. The number of nitrogens with one attached hydrogen (secondary N) is 3. The van der Waals surface area contributed by atoms with Gasteiger partial charge in [0, 0.05) is 87.8 Å². The molecule has 5 aliphatic rings. The highest BCUT2D eigenvalue weighted by molar-refractivity contribution is 7.90. The molecule has 0 unspecified atom stereocenters. The van der Waals surface area contributed by atoms with E-state index in [-0.39, 0.29) is 40.0 Å². The molecule has 5 heterocycles. The number of benzene rings is 3. The fraction of sp³-hybridized carbons (Fsp3) is 0.527. The standard InChI is InChI=1S/C55H70N8O9S/c1-37(2)42-7-4-5-8-43(42)44-9-6-10-47(44)62-35-55(36-62)20-23-61(24-21-55)40-11-13-45(49(32-40)72-50-31-39-17-22-56-51(39)58-53(50)71-30-27-60-25-28-70-29-26-60)52(64)59-73(68,69)41-12-14-46(48(33-41)63(66)67)57-34-38-15-18-54(3,65)19-16-38/h4-5,7-8,11-14,17,22,31-33,37-38,44,47,57,65H,6,9-10,15-16,18-21,23-30,34-36H2,1-3H3,(H,56,58)(H,59,64)/t38?,44-,47-,54?/m1/s1. The summed E-state index contributed by atoms with van der Waals surface area (Å²) >= 11 is 0. The molecule has 73 heavy (non-hydrogen) atoms. The molecule has 2 aromatic heterocycles. The number of piperidine rings is 1. The van der Waals surface area contributed by atoms with Gasteiger partial charge in [-0.15, -0.1) is 0 Å². The highest BCUT2D eigenvalue weighted by atomic mass is 32.2. The van der Waals surface area contributed by atoms with Crippen LogP contribution < -0.4 is 24.4 Å². The Bertz CT molecular complexity index is 2890. The van der Waals surface area contributed by atoms with Gasteiger partial charge in [-0.05, 0) is 129 Å². The van der Waals surface area contributed by atoms with Crippen LogP contribution in [0, 0.1) is 21.4 Å². The summed E-state index contributed by atoms with van der Waals surface area (Å²) in [5.41, 5.74) is 3.59. The topological polar surface area (TPSA) is 205 Å². The number of morpholine rings is 1. The number of nitro groups is 1. The third-order valence-electron chi connectivity index (χ3n) is 16.3. The quantitative estimate of drug-likeness (QED) is 0.0508. The highest BCUT2D eigenvalue weighted by Crippen LogP contribution is 2.49. The second-order valence-electron chi connectivity index (χ2n) is 21.8. The lowest BCUT2D eigenvalue weighted by molar-refractivity contribution is -0.384. The third kappa shape index (κ3) is 11.3. The van der Waals surface area contributed by atoms with Gasteiger partial charge in [0.15, 0.2) is 5.75 Å². The van der Waals surface area contributed by atoms with E-state index >= 15 is 0 Å². The van der Waals surface area contributed by atoms with Crippen molar-refractivity contribution in [3.05, 3.63) is 106 Å². The largest absolute Gasteiger partial charge is 0.474 e. The number of carbonyl (C=O) groups is 1. The van der Waals surface area contributed by atoms with Crippen molar-refractivity contribution in [1.82, 2.24) is 24.5 Å². The Labute approximate surface area is 428 Å². The fourth-order valence-electron chi connectivity index (χ4n) is 12.0. The van der Waals surface area contributed by atoms with Gasteiger partial charge in [-0.25, -0.2) is 13.1 Å². The van der Waals surface area contributed by atoms with Crippen LogP contribution in [-0.4, -0.2) is 128 Å². The van der Waals surface area contributed by atoms with E-state index in [0.29, 0.717) is 69.3 Å². The average molecular weight is 1020 g/mol. The van der Waals surface area contributed by atoms with Crippen molar-refractivity contribution in [2.75, 3.05) is 82.4 Å². The Balaban J connectivity index is 0.877. The van der Waals surface area contributed by atoms with Crippen molar-refractivity contribution >= 4 is 44.0 Å². The van der Waals surface area contributed by atoms with E-state index in [0.717, 1.165) is 82.1 Å². The van der Waals surface area contributed by atoms with Gasteiger partial charge in [0.25, 0.3) is 27.5 Å². The minimum absolute atomic E-state index is 0.0618. The highest BCUT2D eigenvalue weighted by Gasteiger charge is 2.49. The molecule has 5 fully saturated rings. The van der Waals surface area contributed by atoms with Crippen LogP contribution in [0.15, 0.2) is 83.9 Å². The van der Waals surface area contributed by atoms with Crippen molar-refractivity contribution in [2.24, 2.45) is 11.3 Å². The predicted octanol–water partition coefficient (Wildman–Crippen LogP) is 8.81. The van der Waals surface area contributed by atoms with Crippen LogP contribution in [0.25, 0.3) is 11.0 Å². The van der Waals surface area contributed by atoms with Gasteiger partial charge in [-0.3, -0.25) is 24.7 Å². The molecule has 5 aromatic rings. The summed E-state index contributed by atoms with van der Waals surface area (Å²) < 4.78 is 48.7. The van der Waals surface area contributed by atoms with Gasteiger partial charge in [0.1, 0.15) is 23.7 Å². The zero-order valence-electron chi connectivity index (χ0n) is 42.3. The summed E-state index contributed by atoms with van der Waals surface area (Å²) in [5.74, 6) is 0.811. The molecular weight excluding hydrogens is 949 g/mol. The van der Waals surface area contributed by atoms with E-state index in [1.54, 1.807) is 24.4 Å². The molecule has 390 valence electrons. The third-order valence-corrected chi connectivity index (χ3v) is 17.7. The van der Waals surface area contributed by atoms with Crippen molar-refractivity contribution in [1.29, 1.82) is 0 Å². The van der Waals surface area contributed by atoms with Gasteiger partial charge < -0.3 is 34.5 Å². The molecule has 2 aliphatic carbocycles. The van der Waals surface area contributed by atoms with Crippen LogP contribution in [-0.2, 0) is 14.8 Å². The number of likely N-dealkylation sites (tertiary alicyclic amines) is 1. The lowest BCUT2D eigenvalue weighted by atomic mass is 9.70. The van der Waals surface area contributed by atoms with Crippen LogP contribution in [0.2, 0.25) is 0 Å². The molecule has 3 aromatic carbocycles. The number of ether oxygens (including phenoxy) is 3. The summed E-state index contributed by atoms with van der Waals surface area (Å²) in [7, 11) is -4.63. The molecule has 18 heteroatoms. The molecule has 4 N–H and O–H groups in total. The first kappa shape index (κ1) is 50.7. The molecule has 0 radical (unpaired) electrons. The van der Waals surface area contributed by atoms with Gasteiger partial charge >= 0.3 is 0 Å². The molecule has 1 spiro atoms. The molecule has 17 nitrogen and oxygen atoms in total. The lowest BCUT2D eigenvalue weighted by Gasteiger charge is -2.57. The average Bonchev–Trinajstić information content (AvgIpc) is 4.05. The number of rotatable bonds is 17. The zero-order chi connectivity index (χ0) is 50.9. The number of aromatic amines is 1. The van der Waals surface area contributed by atoms with Gasteiger partial charge in [-0.1, -0.05) is 44.5 Å². The zero-order valence-corrected chi connectivity index (χ0v) is 43.1. The van der Waals surface area contributed by atoms with E-state index in [2.05, 4.69) is 67.8 Å². The van der Waals surface area contributed by atoms with Crippen LogP contribution >= 0.6 is 0 Å². The minimum Gasteiger partial charge on any atom is -0.474 e. The van der Waals surface area contributed by atoms with E-state index in [4.69, 9.17) is 19.2 Å². The second-order valence-corrected chi connectivity index (χ2v) is 23.4. The maximum absolute atomic E-state index is 14.4. The molecule has 10 rings (SSSR count). The molecule has 3 saturated heterocycles. The normalized spacial score (nSPS) is 23.6. The number of nitrogens with zero attached hydrogens (tertiary/aromatic N) is 5. The summed E-state index contributed by atoms with van der Waals surface area (Å²) in [5, 5.41) is 26.6. The van der Waals surface area contributed by atoms with Crippen molar-refractivity contribution < 1.29 is 37.5 Å². The molecule has 2 saturated carbocycles. The summed E-state index contributed by atoms with van der Waals surface area (Å²) in [6.45, 7) is 14.4. The number of carbonyl (C=O) groups excluding carboxylic acids is 1. The number of sulfonamides is 1. The number of amides is 1. The van der Waals surface area contributed by atoms with E-state index < -0.39 is 37.0 Å². The van der Waals surface area contributed by atoms with Crippen LogP contribution in [0.1, 0.15) is 112 Å². The number of fused-ring (bicyclic) bond motifs is 1. The Morgan fingerprint density at radius 1 is 0.959 bits per heavy atom. The number of H-pyrrole nitrogens is 1. The first-order valence-corrected chi connectivity index (χ1v) is 27.7. The Morgan fingerprint density at radius 2 is 1.73 bits per heavy atom. The van der Waals surface area contributed by atoms with Crippen LogP contribution in [0.5, 0.6) is 17.4 Å². The first-order valence-electron chi connectivity index (χ1n) is 26.3. The Morgan fingerprint density at radius 3 is 2.48 bits per heavy atom. The number of pyridine rings is 1. The Hall–Kier alpha value is -5.79. The van der Waals surface area contributed by atoms with E-state index in [1.807, 2.05) is 19.1 Å². The number of aliphatic hydroxyl groups is 1. The molecule has 0 bridgehead atoms. The van der Waals surface area contributed by atoms with E-state index in [1.165, 1.54) is 42.5 Å². The molecule has 3 aliphatic heterocycles. The van der Waals surface area contributed by atoms with Crippen LogP contribution in [0.4, 0.5) is 17.1 Å². The van der Waals surface area contributed by atoms with Crippen LogP contribution in [0.3, 0.4) is 0 Å². The van der Waals surface area contributed by atoms with Crippen molar-refractivity contribution in [3.8, 4) is 17.4 Å². The van der Waals surface area contributed by atoms with Gasteiger partial charge in [0.2, 0.25) is 0 Å². The minimum atomic E-state index is -4.63. The number of hydrogen-bond donors (Lipinski definition) is 4. The summed E-state index contributed by atoms with van der Waals surface area (Å²) in [4.78, 5) is 40.8. The van der Waals surface area contributed by atoms with Crippen molar-refractivity contribution in [2.45, 2.75) is 107 Å². The number of nitro benzene ring substituents is 1. The number of hydrogen-bond acceptors (Lipinski definition) is 14. The predicted molar refractivity (Wildman–Crippen MR) is 281 cm³/mol. The van der Waals surface area contributed by atoms with Crippen molar-refractivity contribution in [3.63, 3.8) is 0 Å². The maximum atomic E-state index is 14.4. The number of aromatic nitrogens is 2. The van der Waals surface area contributed by atoms with E-state index in [9.17, 15) is 28.4 Å². The molecule has 1 amide bonds. The fourth-order valence-corrected chi connectivity index (χ4v) is 13.0.